The summed E-state index contributed by atoms with van der Waals surface area (Å²) < 4.78 is 0. The van der Waals surface area contributed by atoms with E-state index in [2.05, 4.69) is 96.3 Å². The van der Waals surface area contributed by atoms with Gasteiger partial charge in [-0.3, -0.25) is 0 Å². The Morgan fingerprint density at radius 3 is 1.96 bits per heavy atom. The van der Waals surface area contributed by atoms with E-state index < -0.39 is 0 Å². The zero-order valence-electron chi connectivity index (χ0n) is 14.2. The van der Waals surface area contributed by atoms with Crippen molar-refractivity contribution in [1.82, 2.24) is 5.32 Å². The Bertz CT molecular complexity index is 962. The Morgan fingerprint density at radius 2 is 1.28 bits per heavy atom. The summed E-state index contributed by atoms with van der Waals surface area (Å²) in [7, 11) is 0. The van der Waals surface area contributed by atoms with E-state index in [0.717, 1.165) is 13.1 Å². The van der Waals surface area contributed by atoms with Gasteiger partial charge in [-0.05, 0) is 38.7 Å². The topological polar surface area (TPSA) is 12.0 Å². The number of fused-ring (bicyclic) bond motifs is 2. The van der Waals surface area contributed by atoms with Gasteiger partial charge in [0.05, 0.1) is 0 Å². The summed E-state index contributed by atoms with van der Waals surface area (Å²) in [5, 5.41) is 8.84. The van der Waals surface area contributed by atoms with Gasteiger partial charge in [-0.15, -0.1) is 0 Å². The molecule has 0 amide bonds. The first-order valence-electron chi connectivity index (χ1n) is 8.73. The first-order valence-corrected chi connectivity index (χ1v) is 8.73. The molecule has 0 heterocycles. The summed E-state index contributed by atoms with van der Waals surface area (Å²) in [6, 6.07) is 30.0. The summed E-state index contributed by atoms with van der Waals surface area (Å²) in [4.78, 5) is 0. The lowest BCUT2D eigenvalue weighted by Crippen LogP contribution is -2.13. The molecule has 0 bridgehead atoms. The van der Waals surface area contributed by atoms with Gasteiger partial charge >= 0.3 is 0 Å². The highest BCUT2D eigenvalue weighted by Gasteiger charge is 2.06. The quantitative estimate of drug-likeness (QED) is 0.362. The molecule has 1 N–H and O–H groups in total. The molecule has 0 aliphatic rings. The lowest BCUT2D eigenvalue weighted by Gasteiger charge is -2.12. The second kappa shape index (κ2) is 7.33. The number of hydrogen-bond acceptors (Lipinski definition) is 1. The normalized spacial score (nSPS) is 11.5. The molecule has 122 valence electrons. The van der Waals surface area contributed by atoms with E-state index in [-0.39, 0.29) is 0 Å². The van der Waals surface area contributed by atoms with Crippen molar-refractivity contribution >= 4 is 27.6 Å². The first kappa shape index (κ1) is 15.6. The van der Waals surface area contributed by atoms with Gasteiger partial charge in [0.15, 0.2) is 0 Å². The van der Waals surface area contributed by atoms with E-state index >= 15 is 0 Å². The van der Waals surface area contributed by atoms with Crippen molar-refractivity contribution < 1.29 is 0 Å². The molecule has 0 unspecified atom stereocenters. The minimum Gasteiger partial charge on any atom is -0.309 e. The van der Waals surface area contributed by atoms with Crippen LogP contribution in [0.15, 0.2) is 91.0 Å². The minimum atomic E-state index is 0.854. The zero-order valence-corrected chi connectivity index (χ0v) is 14.2. The monoisotopic (exact) mass is 323 g/mol. The van der Waals surface area contributed by atoms with Crippen LogP contribution in [0, 0.1) is 0 Å². The maximum atomic E-state index is 3.57. The van der Waals surface area contributed by atoms with Crippen LogP contribution in [0.2, 0.25) is 0 Å². The van der Waals surface area contributed by atoms with Crippen LogP contribution in [0.4, 0.5) is 0 Å². The highest BCUT2D eigenvalue weighted by molar-refractivity contribution is 6.02. The lowest BCUT2D eigenvalue weighted by atomic mass is 9.97. The fraction of sp³-hybridized carbons (Fsp3) is 0.0833. The molecule has 0 radical (unpaired) electrons. The number of rotatable bonds is 5. The van der Waals surface area contributed by atoms with Crippen LogP contribution < -0.4 is 5.32 Å². The van der Waals surface area contributed by atoms with E-state index in [1.54, 1.807) is 0 Å². The van der Waals surface area contributed by atoms with Crippen LogP contribution in [-0.2, 0) is 6.54 Å². The fourth-order valence-corrected chi connectivity index (χ4v) is 3.34. The minimum absolute atomic E-state index is 0.854. The SMILES string of the molecule is C(=C\c1ccccc1)/CNCc1c2ccccc2cc2ccccc12. The molecule has 0 spiro atoms. The summed E-state index contributed by atoms with van der Waals surface area (Å²) in [5.74, 6) is 0. The van der Waals surface area contributed by atoms with Gasteiger partial charge in [0.25, 0.3) is 0 Å². The van der Waals surface area contributed by atoms with Crippen LogP contribution in [0.1, 0.15) is 11.1 Å². The van der Waals surface area contributed by atoms with E-state index in [9.17, 15) is 0 Å². The van der Waals surface area contributed by atoms with Crippen molar-refractivity contribution in [3.8, 4) is 0 Å². The van der Waals surface area contributed by atoms with E-state index in [0.29, 0.717) is 0 Å². The average molecular weight is 323 g/mol. The second-order valence-corrected chi connectivity index (χ2v) is 6.24. The molecule has 4 rings (SSSR count). The van der Waals surface area contributed by atoms with Crippen molar-refractivity contribution in [1.29, 1.82) is 0 Å². The van der Waals surface area contributed by atoms with Gasteiger partial charge in [-0.1, -0.05) is 91.0 Å². The summed E-state index contributed by atoms with van der Waals surface area (Å²) in [6.07, 6.45) is 4.34. The molecular formula is C24H21N. The van der Waals surface area contributed by atoms with Gasteiger partial charge in [0.1, 0.15) is 0 Å². The molecule has 0 saturated carbocycles. The van der Waals surface area contributed by atoms with Gasteiger partial charge in [-0.25, -0.2) is 0 Å². The third-order valence-electron chi connectivity index (χ3n) is 4.56. The maximum Gasteiger partial charge on any atom is 0.0220 e. The average Bonchev–Trinajstić information content (AvgIpc) is 2.68. The van der Waals surface area contributed by atoms with Crippen LogP contribution in [0.5, 0.6) is 0 Å². The van der Waals surface area contributed by atoms with Gasteiger partial charge in [0, 0.05) is 13.1 Å². The Hall–Kier alpha value is -2.90. The zero-order chi connectivity index (χ0) is 16.9. The molecule has 1 nitrogen and oxygen atoms in total. The molecule has 0 aliphatic heterocycles. The molecule has 0 aliphatic carbocycles. The van der Waals surface area contributed by atoms with Crippen molar-refractivity contribution in [3.63, 3.8) is 0 Å². The van der Waals surface area contributed by atoms with Gasteiger partial charge in [0.2, 0.25) is 0 Å². The van der Waals surface area contributed by atoms with Gasteiger partial charge < -0.3 is 5.32 Å². The molecule has 0 fully saturated rings. The maximum absolute atomic E-state index is 3.57. The standard InChI is InChI=1S/C24H21N/c1-2-9-19(10-3-1)11-8-16-25-18-24-22-14-6-4-12-20(22)17-21-13-5-7-15-23(21)24/h1-15,17,25H,16,18H2/b11-8+. The first-order chi connectivity index (χ1) is 12.4. The molecule has 0 atom stereocenters. The van der Waals surface area contributed by atoms with Crippen molar-refractivity contribution in [2.45, 2.75) is 6.54 Å². The largest absolute Gasteiger partial charge is 0.309 e. The fourth-order valence-electron chi connectivity index (χ4n) is 3.34. The number of nitrogens with one attached hydrogen (secondary N) is 1. The van der Waals surface area contributed by atoms with Crippen molar-refractivity contribution in [2.75, 3.05) is 6.54 Å². The highest BCUT2D eigenvalue weighted by atomic mass is 14.8. The van der Waals surface area contributed by atoms with Crippen molar-refractivity contribution in [3.05, 3.63) is 102 Å². The Kier molecular flexibility index (Phi) is 4.58. The van der Waals surface area contributed by atoms with E-state index in [4.69, 9.17) is 0 Å². The van der Waals surface area contributed by atoms with E-state index in [1.807, 2.05) is 6.07 Å². The summed E-state index contributed by atoms with van der Waals surface area (Å²) in [6.45, 7) is 1.72. The number of benzene rings is 4. The number of hydrogen-bond donors (Lipinski definition) is 1. The van der Waals surface area contributed by atoms with E-state index in [1.165, 1.54) is 32.7 Å². The van der Waals surface area contributed by atoms with Crippen LogP contribution in [0.25, 0.3) is 27.6 Å². The molecule has 0 aromatic heterocycles. The predicted molar refractivity (Wildman–Crippen MR) is 109 cm³/mol. The van der Waals surface area contributed by atoms with Crippen LogP contribution >= 0.6 is 0 Å². The smallest absolute Gasteiger partial charge is 0.0220 e. The third kappa shape index (κ3) is 3.47. The molecule has 1 heteroatoms. The Balaban J connectivity index is 1.56. The van der Waals surface area contributed by atoms with Crippen LogP contribution in [0.3, 0.4) is 0 Å². The third-order valence-corrected chi connectivity index (χ3v) is 4.56. The molecule has 4 aromatic carbocycles. The van der Waals surface area contributed by atoms with Gasteiger partial charge in [-0.2, -0.15) is 0 Å². The summed E-state index contributed by atoms with van der Waals surface area (Å²) >= 11 is 0. The molecule has 0 saturated heterocycles. The lowest BCUT2D eigenvalue weighted by molar-refractivity contribution is 0.769. The molecule has 25 heavy (non-hydrogen) atoms. The predicted octanol–water partition coefficient (Wildman–Crippen LogP) is 5.80. The Labute approximate surface area is 148 Å². The van der Waals surface area contributed by atoms with Crippen molar-refractivity contribution in [2.24, 2.45) is 0 Å². The highest BCUT2D eigenvalue weighted by Crippen LogP contribution is 2.28. The Morgan fingerprint density at radius 1 is 0.680 bits per heavy atom. The van der Waals surface area contributed by atoms with Crippen LogP contribution in [-0.4, -0.2) is 6.54 Å². The summed E-state index contributed by atoms with van der Waals surface area (Å²) in [5.41, 5.74) is 2.61. The second-order valence-electron chi connectivity index (χ2n) is 6.24. The molecule has 4 aromatic rings. The molecular weight excluding hydrogens is 302 g/mol.